The van der Waals surface area contributed by atoms with Gasteiger partial charge in [-0.3, -0.25) is 0 Å². The number of aryl methyl sites for hydroxylation is 1. The molecule has 2 heteroatoms. The summed E-state index contributed by atoms with van der Waals surface area (Å²) in [5, 5.41) is 1.27. The summed E-state index contributed by atoms with van der Waals surface area (Å²) < 4.78 is 0. The van der Waals surface area contributed by atoms with Crippen LogP contribution in [0.4, 0.5) is 0 Å². The Morgan fingerprint density at radius 3 is 2.50 bits per heavy atom. The molecule has 0 heterocycles. The van der Waals surface area contributed by atoms with Crippen LogP contribution in [0.5, 0.6) is 0 Å². The van der Waals surface area contributed by atoms with E-state index in [0.29, 0.717) is 14.6 Å². The molecule has 0 aliphatic rings. The second-order valence-corrected chi connectivity index (χ2v) is 5.10. The molecule has 0 amide bonds. The van der Waals surface area contributed by atoms with Crippen LogP contribution in [0.1, 0.15) is 5.56 Å². The number of rotatable bonds is 3. The van der Waals surface area contributed by atoms with Gasteiger partial charge < -0.3 is 0 Å². The maximum atomic E-state index is 4.24. The molecule has 0 aromatic heterocycles. The molecule has 1 aromatic carbocycles. The maximum absolute atomic E-state index is 4.24. The number of hydrogen-bond donors (Lipinski definition) is 1. The van der Waals surface area contributed by atoms with Crippen LogP contribution in [-0.4, -0.2) is 14.6 Å². The Morgan fingerprint density at radius 1 is 1.20 bits per heavy atom. The van der Waals surface area contributed by atoms with E-state index in [1.807, 2.05) is 0 Å². The summed E-state index contributed by atoms with van der Waals surface area (Å²) in [7, 11) is 4.24. The first-order valence-electron chi connectivity index (χ1n) is 3.28. The fourth-order valence-corrected chi connectivity index (χ4v) is 2.09. The molecule has 0 fully saturated rings. The van der Waals surface area contributed by atoms with Crippen LogP contribution in [0.2, 0.25) is 5.21 Å². The predicted octanol–water partition coefficient (Wildman–Crippen LogP) is 2.20. The summed E-state index contributed by atoms with van der Waals surface area (Å²) in [5.74, 6) is 0. The number of hydrogen-bond acceptors (Lipinski definition) is 1. The summed E-state index contributed by atoms with van der Waals surface area (Å²) in [6.07, 6.45) is 1.20. The van der Waals surface area contributed by atoms with E-state index in [1.165, 1.54) is 17.2 Å². The zero-order valence-electron chi connectivity index (χ0n) is 5.70. The van der Waals surface area contributed by atoms with Gasteiger partial charge in [-0.05, 0) is 0 Å². The van der Waals surface area contributed by atoms with E-state index in [-0.39, 0.29) is 0 Å². The summed E-state index contributed by atoms with van der Waals surface area (Å²) in [5.41, 5.74) is 1.44. The third kappa shape index (κ3) is 2.81. The topological polar surface area (TPSA) is 0 Å². The van der Waals surface area contributed by atoms with E-state index < -0.39 is 0 Å². The standard InChI is InChI=1S/C8H10AsS/c10-9-7-6-8-4-2-1-3-5-8/h1-5,10H,6-7H2. The molecule has 0 bridgehead atoms. The van der Waals surface area contributed by atoms with Gasteiger partial charge in [-0.2, -0.15) is 0 Å². The van der Waals surface area contributed by atoms with Gasteiger partial charge in [-0.15, -0.1) is 0 Å². The molecule has 1 radical (unpaired) electrons. The van der Waals surface area contributed by atoms with Gasteiger partial charge in [0.1, 0.15) is 0 Å². The second-order valence-electron chi connectivity index (χ2n) is 2.10. The molecule has 0 saturated heterocycles. The molecular formula is C8H10AsS. The second kappa shape index (κ2) is 4.87. The van der Waals surface area contributed by atoms with Crippen molar-refractivity contribution in [1.29, 1.82) is 0 Å². The van der Waals surface area contributed by atoms with Crippen LogP contribution >= 0.6 is 10.9 Å². The van der Waals surface area contributed by atoms with Crippen molar-refractivity contribution in [3.63, 3.8) is 0 Å². The van der Waals surface area contributed by atoms with E-state index in [2.05, 4.69) is 41.2 Å². The normalized spacial score (nSPS) is 10.9. The predicted molar refractivity (Wildman–Crippen MR) is 49.7 cm³/mol. The van der Waals surface area contributed by atoms with E-state index in [1.54, 1.807) is 0 Å². The van der Waals surface area contributed by atoms with Gasteiger partial charge in [-0.25, -0.2) is 0 Å². The van der Waals surface area contributed by atoms with Crippen LogP contribution in [0.25, 0.3) is 0 Å². The van der Waals surface area contributed by atoms with Crippen LogP contribution in [0.3, 0.4) is 0 Å². The Bertz CT molecular complexity index is 174. The molecule has 0 aliphatic heterocycles. The van der Waals surface area contributed by atoms with Gasteiger partial charge in [0.2, 0.25) is 0 Å². The van der Waals surface area contributed by atoms with Gasteiger partial charge in [0.25, 0.3) is 0 Å². The summed E-state index contributed by atoms with van der Waals surface area (Å²) in [4.78, 5) is 0. The molecule has 10 heavy (non-hydrogen) atoms. The molecule has 0 saturated carbocycles. The van der Waals surface area contributed by atoms with E-state index in [9.17, 15) is 0 Å². The molecule has 0 spiro atoms. The minimum absolute atomic E-state index is 0.295. The van der Waals surface area contributed by atoms with Crippen molar-refractivity contribution in [1.82, 2.24) is 0 Å². The SMILES string of the molecule is S[As]CCc1ccccc1. The van der Waals surface area contributed by atoms with Gasteiger partial charge in [0, 0.05) is 0 Å². The third-order valence-corrected chi connectivity index (χ3v) is 3.27. The summed E-state index contributed by atoms with van der Waals surface area (Å²) >= 11 is 0.295. The molecule has 0 unspecified atom stereocenters. The van der Waals surface area contributed by atoms with Crippen molar-refractivity contribution in [2.75, 3.05) is 0 Å². The van der Waals surface area contributed by atoms with Gasteiger partial charge in [0.05, 0.1) is 0 Å². The van der Waals surface area contributed by atoms with Crippen molar-refractivity contribution in [2.24, 2.45) is 0 Å². The quantitative estimate of drug-likeness (QED) is 0.577. The van der Waals surface area contributed by atoms with E-state index in [4.69, 9.17) is 0 Å². The van der Waals surface area contributed by atoms with Crippen LogP contribution in [-0.2, 0) is 6.42 Å². The Hall–Kier alpha value is 0.128. The van der Waals surface area contributed by atoms with E-state index >= 15 is 0 Å². The van der Waals surface area contributed by atoms with Crippen LogP contribution in [0.15, 0.2) is 30.3 Å². The summed E-state index contributed by atoms with van der Waals surface area (Å²) in [6, 6.07) is 10.6. The molecule has 1 rings (SSSR count). The zero-order chi connectivity index (χ0) is 7.23. The van der Waals surface area contributed by atoms with Crippen molar-refractivity contribution < 1.29 is 0 Å². The van der Waals surface area contributed by atoms with Crippen molar-refractivity contribution in [3.05, 3.63) is 35.9 Å². The fourth-order valence-electron chi connectivity index (χ4n) is 0.824. The average molecular weight is 213 g/mol. The van der Waals surface area contributed by atoms with Gasteiger partial charge in [-0.1, -0.05) is 0 Å². The molecule has 1 aromatic rings. The fraction of sp³-hybridized carbons (Fsp3) is 0.250. The van der Waals surface area contributed by atoms with Crippen molar-refractivity contribution in [2.45, 2.75) is 11.6 Å². The summed E-state index contributed by atoms with van der Waals surface area (Å²) in [6.45, 7) is 0. The number of thiol groups is 1. The monoisotopic (exact) mass is 213 g/mol. The molecular weight excluding hydrogens is 203 g/mol. The Balaban J connectivity index is 2.43. The van der Waals surface area contributed by atoms with Crippen molar-refractivity contribution >= 4 is 25.5 Å². The Morgan fingerprint density at radius 2 is 1.90 bits per heavy atom. The molecule has 53 valence electrons. The Kier molecular flexibility index (Phi) is 4.01. The Labute approximate surface area is 73.1 Å². The average Bonchev–Trinajstić information content (AvgIpc) is 2.03. The first-order chi connectivity index (χ1) is 4.93. The minimum atomic E-state index is 0.295. The number of benzene rings is 1. The van der Waals surface area contributed by atoms with Crippen LogP contribution in [0, 0.1) is 0 Å². The molecule has 0 N–H and O–H groups in total. The van der Waals surface area contributed by atoms with Gasteiger partial charge in [0.15, 0.2) is 0 Å². The first-order valence-corrected chi connectivity index (χ1v) is 7.53. The molecule has 0 nitrogen and oxygen atoms in total. The van der Waals surface area contributed by atoms with E-state index in [0.717, 1.165) is 0 Å². The molecule has 0 aliphatic carbocycles. The van der Waals surface area contributed by atoms with Crippen molar-refractivity contribution in [3.8, 4) is 0 Å². The van der Waals surface area contributed by atoms with Crippen LogP contribution < -0.4 is 0 Å². The first kappa shape index (κ1) is 8.23. The van der Waals surface area contributed by atoms with Gasteiger partial charge >= 0.3 is 73.0 Å². The third-order valence-electron chi connectivity index (χ3n) is 1.34. The molecule has 0 atom stereocenters. The zero-order valence-corrected chi connectivity index (χ0v) is 8.47.